The lowest BCUT2D eigenvalue weighted by molar-refractivity contribution is 0.0273. The fourth-order valence-electron chi connectivity index (χ4n) is 0.985. The molecule has 0 spiro atoms. The lowest BCUT2D eigenvalue weighted by atomic mass is 10.2. The van der Waals surface area contributed by atoms with Gasteiger partial charge >= 0.3 is 6.09 Å². The quantitative estimate of drug-likeness (QED) is 0.718. The van der Waals surface area contributed by atoms with Crippen LogP contribution in [0.15, 0.2) is 0 Å². The first-order valence-corrected chi connectivity index (χ1v) is 5.02. The smallest absolute Gasteiger partial charge is 0.410 e. The van der Waals surface area contributed by atoms with Gasteiger partial charge in [0.15, 0.2) is 0 Å². The summed E-state index contributed by atoms with van der Waals surface area (Å²) in [5.74, 6) is 0. The number of hydrogen-bond donors (Lipinski definition) is 2. The molecule has 0 radical (unpaired) electrons. The SMILES string of the molecule is CN[C@@H](CO)CN(C)C(=O)OC(C)(C)C. The van der Waals surface area contributed by atoms with Gasteiger partial charge in [-0.2, -0.15) is 0 Å². The van der Waals surface area contributed by atoms with E-state index in [2.05, 4.69) is 5.32 Å². The molecule has 15 heavy (non-hydrogen) atoms. The van der Waals surface area contributed by atoms with Crippen LogP contribution in [0, 0.1) is 0 Å². The molecule has 2 N–H and O–H groups in total. The van der Waals surface area contributed by atoms with E-state index < -0.39 is 5.60 Å². The van der Waals surface area contributed by atoms with Crippen molar-refractivity contribution in [3.8, 4) is 0 Å². The Balaban J connectivity index is 4.09. The van der Waals surface area contributed by atoms with E-state index in [0.29, 0.717) is 6.54 Å². The number of likely N-dealkylation sites (N-methyl/N-ethyl adjacent to an activating group) is 2. The largest absolute Gasteiger partial charge is 0.444 e. The zero-order chi connectivity index (χ0) is 12.1. The maximum Gasteiger partial charge on any atom is 0.410 e. The van der Waals surface area contributed by atoms with Crippen LogP contribution < -0.4 is 5.32 Å². The number of carbonyl (C=O) groups excluding carboxylic acids is 1. The van der Waals surface area contributed by atoms with Gasteiger partial charge < -0.3 is 20.1 Å². The van der Waals surface area contributed by atoms with Crippen molar-refractivity contribution in [1.29, 1.82) is 0 Å². The molecule has 0 aromatic carbocycles. The summed E-state index contributed by atoms with van der Waals surface area (Å²) in [5.41, 5.74) is -0.486. The normalized spacial score (nSPS) is 13.5. The standard InChI is InChI=1S/C10H22N2O3/c1-10(2,3)15-9(14)12(5)6-8(7-13)11-4/h8,11,13H,6-7H2,1-5H3/t8-/m1/s1. The molecular formula is C10H22N2O3. The zero-order valence-electron chi connectivity index (χ0n) is 10.2. The van der Waals surface area contributed by atoms with Gasteiger partial charge in [0.1, 0.15) is 5.60 Å². The number of aliphatic hydroxyl groups excluding tert-OH is 1. The molecule has 5 heteroatoms. The Bertz CT molecular complexity index is 197. The van der Waals surface area contributed by atoms with Crippen molar-refractivity contribution in [2.24, 2.45) is 0 Å². The lowest BCUT2D eigenvalue weighted by Crippen LogP contribution is -2.44. The number of carbonyl (C=O) groups is 1. The Morgan fingerprint density at radius 1 is 1.53 bits per heavy atom. The summed E-state index contributed by atoms with van der Waals surface area (Å²) in [6, 6.07) is -0.123. The average Bonchev–Trinajstić information content (AvgIpc) is 2.10. The van der Waals surface area contributed by atoms with Gasteiger partial charge in [0.2, 0.25) is 0 Å². The highest BCUT2D eigenvalue weighted by Gasteiger charge is 2.21. The van der Waals surface area contributed by atoms with Gasteiger partial charge in [-0.15, -0.1) is 0 Å². The van der Waals surface area contributed by atoms with E-state index in [9.17, 15) is 4.79 Å². The maximum absolute atomic E-state index is 11.5. The van der Waals surface area contributed by atoms with Crippen molar-refractivity contribution >= 4 is 6.09 Å². The second-order valence-electron chi connectivity index (χ2n) is 4.53. The van der Waals surface area contributed by atoms with Gasteiger partial charge in [0, 0.05) is 19.6 Å². The minimum Gasteiger partial charge on any atom is -0.444 e. The summed E-state index contributed by atoms with van der Waals surface area (Å²) in [7, 11) is 3.39. The van der Waals surface area contributed by atoms with E-state index >= 15 is 0 Å². The fraction of sp³-hybridized carbons (Fsp3) is 0.900. The molecule has 0 aliphatic carbocycles. The lowest BCUT2D eigenvalue weighted by Gasteiger charge is -2.26. The summed E-state index contributed by atoms with van der Waals surface area (Å²) < 4.78 is 5.17. The van der Waals surface area contributed by atoms with Crippen LogP contribution >= 0.6 is 0 Å². The molecule has 5 nitrogen and oxygen atoms in total. The first-order valence-electron chi connectivity index (χ1n) is 5.02. The topological polar surface area (TPSA) is 61.8 Å². The van der Waals surface area contributed by atoms with Gasteiger partial charge in [-0.25, -0.2) is 4.79 Å². The monoisotopic (exact) mass is 218 g/mol. The van der Waals surface area contributed by atoms with Crippen LogP contribution in [0.1, 0.15) is 20.8 Å². The van der Waals surface area contributed by atoms with Crippen LogP contribution in [0.4, 0.5) is 4.79 Å². The first-order chi connectivity index (χ1) is 6.80. The fourth-order valence-corrected chi connectivity index (χ4v) is 0.985. The zero-order valence-corrected chi connectivity index (χ0v) is 10.2. The van der Waals surface area contributed by atoms with Crippen molar-refractivity contribution < 1.29 is 14.6 Å². The number of nitrogens with one attached hydrogen (secondary N) is 1. The summed E-state index contributed by atoms with van der Waals surface area (Å²) in [5, 5.41) is 11.8. The van der Waals surface area contributed by atoms with Gasteiger partial charge in [-0.1, -0.05) is 0 Å². The van der Waals surface area contributed by atoms with Crippen molar-refractivity contribution in [2.45, 2.75) is 32.4 Å². The summed E-state index contributed by atoms with van der Waals surface area (Å²) in [6.07, 6.45) is -0.379. The van der Waals surface area contributed by atoms with Crippen LogP contribution in [0.5, 0.6) is 0 Å². The van der Waals surface area contributed by atoms with E-state index in [4.69, 9.17) is 9.84 Å². The number of rotatable bonds is 4. The number of ether oxygens (including phenoxy) is 1. The van der Waals surface area contributed by atoms with Crippen LogP contribution in [-0.2, 0) is 4.74 Å². The number of nitrogens with zero attached hydrogens (tertiary/aromatic N) is 1. The summed E-state index contributed by atoms with van der Waals surface area (Å²) >= 11 is 0. The third-order valence-corrected chi connectivity index (χ3v) is 1.83. The first kappa shape index (κ1) is 14.2. The Hall–Kier alpha value is -0.810. The van der Waals surface area contributed by atoms with E-state index in [1.165, 1.54) is 4.90 Å². The number of hydrogen-bond acceptors (Lipinski definition) is 4. The predicted octanol–water partition coefficient (Wildman–Crippen LogP) is 0.434. The third-order valence-electron chi connectivity index (χ3n) is 1.83. The molecular weight excluding hydrogens is 196 g/mol. The highest BCUT2D eigenvalue weighted by atomic mass is 16.6. The van der Waals surface area contributed by atoms with Gasteiger partial charge in [0.05, 0.1) is 6.61 Å². The van der Waals surface area contributed by atoms with E-state index in [0.717, 1.165) is 0 Å². The second kappa shape index (κ2) is 5.92. The minimum atomic E-state index is -0.486. The molecule has 0 saturated carbocycles. The highest BCUT2D eigenvalue weighted by molar-refractivity contribution is 5.67. The van der Waals surface area contributed by atoms with Gasteiger partial charge in [-0.3, -0.25) is 0 Å². The molecule has 0 rings (SSSR count). The Labute approximate surface area is 91.4 Å². The van der Waals surface area contributed by atoms with Gasteiger partial charge in [-0.05, 0) is 27.8 Å². The van der Waals surface area contributed by atoms with Crippen LogP contribution in [0.25, 0.3) is 0 Å². The van der Waals surface area contributed by atoms with E-state index in [1.54, 1.807) is 14.1 Å². The van der Waals surface area contributed by atoms with Crippen LogP contribution in [0.3, 0.4) is 0 Å². The van der Waals surface area contributed by atoms with Gasteiger partial charge in [0.25, 0.3) is 0 Å². The Morgan fingerprint density at radius 3 is 2.40 bits per heavy atom. The molecule has 0 aromatic heterocycles. The van der Waals surface area contributed by atoms with Crippen LogP contribution in [0.2, 0.25) is 0 Å². The van der Waals surface area contributed by atoms with Crippen molar-refractivity contribution in [2.75, 3.05) is 27.2 Å². The van der Waals surface area contributed by atoms with Crippen molar-refractivity contribution in [3.05, 3.63) is 0 Å². The van der Waals surface area contributed by atoms with Crippen molar-refractivity contribution in [3.63, 3.8) is 0 Å². The molecule has 0 bridgehead atoms. The van der Waals surface area contributed by atoms with Crippen molar-refractivity contribution in [1.82, 2.24) is 10.2 Å². The molecule has 1 atom stereocenters. The van der Waals surface area contributed by atoms with Crippen LogP contribution in [-0.4, -0.2) is 55.0 Å². The Morgan fingerprint density at radius 2 is 2.07 bits per heavy atom. The van der Waals surface area contributed by atoms with E-state index in [1.807, 2.05) is 20.8 Å². The predicted molar refractivity (Wildman–Crippen MR) is 58.8 cm³/mol. The number of amides is 1. The molecule has 0 aliphatic heterocycles. The molecule has 0 heterocycles. The molecule has 1 amide bonds. The summed E-state index contributed by atoms with van der Waals surface area (Å²) in [4.78, 5) is 13.0. The highest BCUT2D eigenvalue weighted by Crippen LogP contribution is 2.09. The Kier molecular flexibility index (Phi) is 5.60. The molecule has 0 aliphatic rings. The molecule has 0 fully saturated rings. The summed E-state index contributed by atoms with van der Waals surface area (Å²) in [6.45, 7) is 5.87. The molecule has 0 aromatic rings. The second-order valence-corrected chi connectivity index (χ2v) is 4.53. The average molecular weight is 218 g/mol. The number of aliphatic hydroxyl groups is 1. The maximum atomic E-state index is 11.5. The molecule has 0 unspecified atom stereocenters. The molecule has 90 valence electrons. The third kappa shape index (κ3) is 6.30. The van der Waals surface area contributed by atoms with E-state index in [-0.39, 0.29) is 18.7 Å². The minimum absolute atomic E-state index is 0.0103. The molecule has 0 saturated heterocycles.